The van der Waals surface area contributed by atoms with E-state index in [4.69, 9.17) is 0 Å². The van der Waals surface area contributed by atoms with E-state index >= 15 is 4.39 Å². The van der Waals surface area contributed by atoms with E-state index in [-0.39, 0.29) is 28.6 Å². The molecule has 1 aliphatic heterocycles. The van der Waals surface area contributed by atoms with Crippen molar-refractivity contribution in [2.24, 2.45) is 0 Å². The van der Waals surface area contributed by atoms with Crippen molar-refractivity contribution in [1.29, 1.82) is 0 Å². The van der Waals surface area contributed by atoms with Gasteiger partial charge in [0.05, 0.1) is 11.2 Å². The Labute approximate surface area is 264 Å². The molecule has 1 saturated heterocycles. The van der Waals surface area contributed by atoms with Gasteiger partial charge in [-0.25, -0.2) is 14.0 Å². The molecule has 1 saturated carbocycles. The number of aromatic amines is 1. The number of benzene rings is 2. The number of carbonyl (C=O) groups is 1. The standard InChI is InChI=1S/C34H39FN6O5/c1-20-6-7-23(14-21(20)2)36-30-17-31(42)40(34(46)37-30)11-5-4-10-38-12-13-39(22(3)18-38)29-16-28-25(15-27(29)35)32(43)26(33(44)45)19-41(28)24-8-9-24/h6-7,14-17,19,22,24,36H,4-5,8-13,18H2,1-3H3,(H,37,46)(H,44,45). The second-order valence-electron chi connectivity index (χ2n) is 12.6. The van der Waals surface area contributed by atoms with Crippen LogP contribution in [0.5, 0.6) is 0 Å². The van der Waals surface area contributed by atoms with Crippen LogP contribution in [0, 0.1) is 19.7 Å². The van der Waals surface area contributed by atoms with E-state index in [9.17, 15) is 24.3 Å². The molecule has 1 aliphatic carbocycles. The van der Waals surface area contributed by atoms with Gasteiger partial charge < -0.3 is 19.9 Å². The first kappa shape index (κ1) is 31.3. The van der Waals surface area contributed by atoms with Crippen LogP contribution in [0.4, 0.5) is 21.6 Å². The molecule has 1 unspecified atom stereocenters. The van der Waals surface area contributed by atoms with Gasteiger partial charge in [-0.15, -0.1) is 0 Å². The predicted octanol–water partition coefficient (Wildman–Crippen LogP) is 4.38. The largest absolute Gasteiger partial charge is 0.477 e. The van der Waals surface area contributed by atoms with E-state index in [0.29, 0.717) is 49.6 Å². The van der Waals surface area contributed by atoms with Gasteiger partial charge in [0.1, 0.15) is 17.2 Å². The van der Waals surface area contributed by atoms with Crippen LogP contribution in [0.1, 0.15) is 60.1 Å². The van der Waals surface area contributed by atoms with Crippen LogP contribution in [0.3, 0.4) is 0 Å². The number of pyridine rings is 1. The number of carboxylic acids is 1. The van der Waals surface area contributed by atoms with Crippen molar-refractivity contribution in [2.45, 2.75) is 65.1 Å². The third kappa shape index (κ3) is 6.34. The number of aryl methyl sites for hydroxylation is 2. The number of nitrogens with zero attached hydrogens (tertiary/aromatic N) is 4. The number of unbranched alkanes of at least 4 members (excludes halogenated alkanes) is 1. The second-order valence-corrected chi connectivity index (χ2v) is 12.6. The summed E-state index contributed by atoms with van der Waals surface area (Å²) in [6.07, 6.45) is 4.60. The van der Waals surface area contributed by atoms with Crippen LogP contribution in [0.15, 0.2) is 57.0 Å². The van der Waals surface area contributed by atoms with Crippen molar-refractivity contribution >= 4 is 34.1 Å². The van der Waals surface area contributed by atoms with Gasteiger partial charge in [0, 0.05) is 61.6 Å². The van der Waals surface area contributed by atoms with Crippen LogP contribution in [-0.4, -0.2) is 62.3 Å². The number of halogens is 1. The molecule has 0 spiro atoms. The van der Waals surface area contributed by atoms with Crippen molar-refractivity contribution < 1.29 is 14.3 Å². The molecule has 6 rings (SSSR count). The quantitative estimate of drug-likeness (QED) is 0.220. The van der Waals surface area contributed by atoms with Gasteiger partial charge in [-0.2, -0.15) is 0 Å². The molecule has 2 aromatic carbocycles. The molecular formula is C34H39FN6O5. The topological polar surface area (TPSA) is 133 Å². The average molecular weight is 631 g/mol. The summed E-state index contributed by atoms with van der Waals surface area (Å²) in [4.78, 5) is 57.0. The van der Waals surface area contributed by atoms with Crippen LogP contribution in [-0.2, 0) is 6.54 Å². The number of hydrogen-bond acceptors (Lipinski definition) is 7. The van der Waals surface area contributed by atoms with Crippen molar-refractivity contribution in [3.8, 4) is 0 Å². The Morgan fingerprint density at radius 2 is 1.78 bits per heavy atom. The van der Waals surface area contributed by atoms with Crippen LogP contribution in [0.25, 0.3) is 10.9 Å². The summed E-state index contributed by atoms with van der Waals surface area (Å²) < 4.78 is 18.5. The number of rotatable bonds is 10. The van der Waals surface area contributed by atoms with Crippen LogP contribution in [0.2, 0.25) is 0 Å². The Hall–Kier alpha value is -4.71. The number of piperazine rings is 1. The van der Waals surface area contributed by atoms with Crippen LogP contribution < -0.4 is 26.9 Å². The number of nitrogens with one attached hydrogen (secondary N) is 2. The highest BCUT2D eigenvalue weighted by Gasteiger charge is 2.30. The van der Waals surface area contributed by atoms with Gasteiger partial charge in [-0.3, -0.25) is 24.0 Å². The van der Waals surface area contributed by atoms with Gasteiger partial charge in [-0.1, -0.05) is 6.07 Å². The Balaban J connectivity index is 1.06. The first-order valence-electron chi connectivity index (χ1n) is 15.8. The summed E-state index contributed by atoms with van der Waals surface area (Å²) in [6, 6.07) is 10.2. The monoisotopic (exact) mass is 630 g/mol. The van der Waals surface area contributed by atoms with E-state index in [1.54, 1.807) is 6.07 Å². The number of anilines is 3. The zero-order chi connectivity index (χ0) is 32.7. The fraction of sp³-hybridized carbons (Fsp3) is 0.412. The van der Waals surface area contributed by atoms with Gasteiger partial charge in [0.15, 0.2) is 0 Å². The fourth-order valence-corrected chi connectivity index (χ4v) is 6.36. The molecular weight excluding hydrogens is 591 g/mol. The summed E-state index contributed by atoms with van der Waals surface area (Å²) in [6.45, 7) is 9.12. The molecule has 0 radical (unpaired) electrons. The van der Waals surface area contributed by atoms with Gasteiger partial charge in [-0.05, 0) is 88.4 Å². The van der Waals surface area contributed by atoms with E-state index in [1.165, 1.54) is 22.9 Å². The zero-order valence-corrected chi connectivity index (χ0v) is 26.3. The summed E-state index contributed by atoms with van der Waals surface area (Å²) in [5.41, 5.74) is 2.20. The lowest BCUT2D eigenvalue weighted by atomic mass is 10.1. The minimum atomic E-state index is -1.31. The Bertz CT molecular complexity index is 1960. The molecule has 242 valence electrons. The third-order valence-electron chi connectivity index (χ3n) is 9.21. The van der Waals surface area contributed by atoms with E-state index in [1.807, 2.05) is 48.4 Å². The smallest absolute Gasteiger partial charge is 0.341 e. The first-order chi connectivity index (χ1) is 22.0. The highest BCUT2D eigenvalue weighted by Crippen LogP contribution is 2.38. The highest BCUT2D eigenvalue weighted by atomic mass is 19.1. The zero-order valence-electron chi connectivity index (χ0n) is 26.3. The molecule has 0 bridgehead atoms. The molecule has 2 fully saturated rings. The summed E-state index contributed by atoms with van der Waals surface area (Å²) in [7, 11) is 0. The third-order valence-corrected chi connectivity index (χ3v) is 9.21. The molecule has 3 N–H and O–H groups in total. The second kappa shape index (κ2) is 12.6. The van der Waals surface area contributed by atoms with E-state index in [0.717, 1.165) is 42.6 Å². The van der Waals surface area contributed by atoms with Crippen molar-refractivity contribution in [2.75, 3.05) is 36.4 Å². The van der Waals surface area contributed by atoms with Crippen molar-refractivity contribution in [3.63, 3.8) is 0 Å². The number of aromatic nitrogens is 3. The molecule has 2 aromatic heterocycles. The number of fused-ring (bicyclic) bond motifs is 1. The van der Waals surface area contributed by atoms with E-state index < -0.39 is 22.9 Å². The average Bonchev–Trinajstić information content (AvgIpc) is 3.84. The minimum absolute atomic E-state index is 0.0112. The van der Waals surface area contributed by atoms with Gasteiger partial charge in [0.25, 0.3) is 5.56 Å². The molecule has 1 atom stereocenters. The number of H-pyrrole nitrogens is 1. The lowest BCUT2D eigenvalue weighted by molar-refractivity contribution is 0.0695. The summed E-state index contributed by atoms with van der Waals surface area (Å²) in [5.74, 6) is -1.50. The van der Waals surface area contributed by atoms with Gasteiger partial charge >= 0.3 is 11.7 Å². The van der Waals surface area contributed by atoms with E-state index in [2.05, 4.69) is 15.2 Å². The molecule has 46 heavy (non-hydrogen) atoms. The SMILES string of the molecule is Cc1ccc(Nc2cc(=O)n(CCCCN3CCN(c4cc5c(cc4F)c(=O)c(C(=O)O)cn5C4CC4)C(C)C3)c(=O)[nH]2)cc1C. The molecule has 0 amide bonds. The number of aromatic carboxylic acids is 1. The van der Waals surface area contributed by atoms with Gasteiger partial charge in [0.2, 0.25) is 5.43 Å². The summed E-state index contributed by atoms with van der Waals surface area (Å²) in [5, 5.41) is 12.7. The highest BCUT2D eigenvalue weighted by molar-refractivity contribution is 5.93. The number of carboxylic acid groups (broad SMARTS) is 1. The molecule has 11 nitrogen and oxygen atoms in total. The van der Waals surface area contributed by atoms with Crippen LogP contribution >= 0.6 is 0 Å². The fourth-order valence-electron chi connectivity index (χ4n) is 6.36. The Kier molecular flexibility index (Phi) is 8.56. The number of hydrogen-bond donors (Lipinski definition) is 3. The maximum absolute atomic E-state index is 15.5. The first-order valence-corrected chi connectivity index (χ1v) is 15.8. The maximum Gasteiger partial charge on any atom is 0.341 e. The molecule has 4 aromatic rings. The molecule has 3 heterocycles. The summed E-state index contributed by atoms with van der Waals surface area (Å²) >= 11 is 0. The minimum Gasteiger partial charge on any atom is -0.477 e. The van der Waals surface area contributed by atoms with Crippen molar-refractivity contribution in [1.82, 2.24) is 19.0 Å². The molecule has 12 heteroatoms. The lowest BCUT2D eigenvalue weighted by Crippen LogP contribution is -2.52. The lowest BCUT2D eigenvalue weighted by Gasteiger charge is -2.41. The Morgan fingerprint density at radius 1 is 1.02 bits per heavy atom. The maximum atomic E-state index is 15.5. The normalized spacial score (nSPS) is 17.0. The molecule has 2 aliphatic rings. The Morgan fingerprint density at radius 3 is 2.46 bits per heavy atom. The van der Waals surface area contributed by atoms with Crippen molar-refractivity contribution in [3.05, 3.63) is 96.2 Å². The predicted molar refractivity (Wildman–Crippen MR) is 176 cm³/mol.